The van der Waals surface area contributed by atoms with Crippen LogP contribution in [0.1, 0.15) is 26.7 Å². The van der Waals surface area contributed by atoms with Crippen molar-refractivity contribution >= 4 is 5.97 Å². The number of nitrogens with two attached hydrogens (primary N) is 1. The second-order valence-corrected chi connectivity index (χ2v) is 2.63. The van der Waals surface area contributed by atoms with E-state index < -0.39 is 18.1 Å². The normalized spacial score (nSPS) is 15.3. The lowest BCUT2D eigenvalue weighted by atomic mass is 10.1. The molecule has 0 fully saturated rings. The van der Waals surface area contributed by atoms with Crippen LogP contribution in [0, 0.1) is 0 Å². The first-order valence-corrected chi connectivity index (χ1v) is 4.23. The van der Waals surface area contributed by atoms with Crippen LogP contribution < -0.4 is 5.73 Å². The Balaban J connectivity index is 3.82. The molecule has 4 heteroatoms. The Morgan fingerprint density at radius 1 is 1.58 bits per heavy atom. The molecule has 0 aromatic carbocycles. The summed E-state index contributed by atoms with van der Waals surface area (Å²) in [6, 6.07) is -0.898. The molecule has 4 nitrogen and oxygen atoms in total. The number of hydrogen-bond donors (Lipinski definition) is 2. The van der Waals surface area contributed by atoms with E-state index in [0.717, 1.165) is 6.42 Å². The van der Waals surface area contributed by atoms with Gasteiger partial charge in [-0.1, -0.05) is 13.3 Å². The Labute approximate surface area is 72.7 Å². The minimum Gasteiger partial charge on any atom is -0.465 e. The molecule has 0 aliphatic heterocycles. The van der Waals surface area contributed by atoms with Crippen LogP contribution in [-0.4, -0.2) is 29.8 Å². The second-order valence-electron chi connectivity index (χ2n) is 2.63. The Bertz CT molecular complexity index is 138. The minimum atomic E-state index is -0.898. The molecule has 0 aromatic rings. The minimum absolute atomic E-state index is 0.297. The summed E-state index contributed by atoms with van der Waals surface area (Å²) in [5, 5.41) is 9.29. The highest BCUT2D eigenvalue weighted by Crippen LogP contribution is 2.01. The Kier molecular flexibility index (Phi) is 5.66. The molecular weight excluding hydrogens is 158 g/mol. The van der Waals surface area contributed by atoms with E-state index >= 15 is 0 Å². The van der Waals surface area contributed by atoms with Crippen molar-refractivity contribution in [2.45, 2.75) is 38.8 Å². The van der Waals surface area contributed by atoms with Crippen molar-refractivity contribution in [3.63, 3.8) is 0 Å². The number of aliphatic hydroxyl groups excluding tert-OH is 1. The maximum Gasteiger partial charge on any atom is 0.325 e. The highest BCUT2D eigenvalue weighted by atomic mass is 16.5. The van der Waals surface area contributed by atoms with Gasteiger partial charge in [0.1, 0.15) is 6.04 Å². The van der Waals surface area contributed by atoms with E-state index in [1.807, 2.05) is 6.92 Å². The third kappa shape index (κ3) is 3.69. The maximum absolute atomic E-state index is 11.0. The predicted molar refractivity (Wildman–Crippen MR) is 45.5 cm³/mol. The Morgan fingerprint density at radius 3 is 2.58 bits per heavy atom. The molecule has 0 rings (SSSR count). The van der Waals surface area contributed by atoms with E-state index in [-0.39, 0.29) is 0 Å². The largest absolute Gasteiger partial charge is 0.465 e. The smallest absolute Gasteiger partial charge is 0.325 e. The molecule has 0 heterocycles. The molecule has 0 saturated heterocycles. The third-order valence-electron chi connectivity index (χ3n) is 1.56. The molecular formula is C8H17NO3. The number of carbonyl (C=O) groups is 1. The number of aliphatic hydroxyl groups is 1. The van der Waals surface area contributed by atoms with Gasteiger partial charge in [0, 0.05) is 0 Å². The van der Waals surface area contributed by atoms with E-state index in [0.29, 0.717) is 13.0 Å². The lowest BCUT2D eigenvalue weighted by Gasteiger charge is -2.15. The highest BCUT2D eigenvalue weighted by Gasteiger charge is 2.22. The van der Waals surface area contributed by atoms with Crippen LogP contribution in [0.3, 0.4) is 0 Å². The second kappa shape index (κ2) is 5.97. The number of esters is 1. The van der Waals surface area contributed by atoms with Crippen molar-refractivity contribution in [3.8, 4) is 0 Å². The van der Waals surface area contributed by atoms with Crippen molar-refractivity contribution in [2.24, 2.45) is 5.73 Å². The number of ether oxygens (including phenoxy) is 1. The van der Waals surface area contributed by atoms with Gasteiger partial charge in [0.05, 0.1) is 12.7 Å². The monoisotopic (exact) mass is 175 g/mol. The molecule has 0 saturated carbocycles. The van der Waals surface area contributed by atoms with Crippen LogP contribution in [0.15, 0.2) is 0 Å². The molecule has 0 aromatic heterocycles. The summed E-state index contributed by atoms with van der Waals surface area (Å²) in [4.78, 5) is 11.0. The van der Waals surface area contributed by atoms with Gasteiger partial charge < -0.3 is 15.6 Å². The molecule has 3 N–H and O–H groups in total. The molecule has 0 unspecified atom stereocenters. The first-order valence-electron chi connectivity index (χ1n) is 4.23. The lowest BCUT2D eigenvalue weighted by molar-refractivity contribution is -0.147. The van der Waals surface area contributed by atoms with Crippen LogP contribution in [0.2, 0.25) is 0 Å². The van der Waals surface area contributed by atoms with Gasteiger partial charge in [-0.05, 0) is 13.3 Å². The number of rotatable bonds is 5. The van der Waals surface area contributed by atoms with Crippen molar-refractivity contribution < 1.29 is 14.6 Å². The Hall–Kier alpha value is -0.610. The average Bonchev–Trinajstić information content (AvgIpc) is 2.04. The highest BCUT2D eigenvalue weighted by molar-refractivity contribution is 5.76. The van der Waals surface area contributed by atoms with Crippen molar-refractivity contribution in [1.82, 2.24) is 0 Å². The van der Waals surface area contributed by atoms with Crippen LogP contribution in [0.5, 0.6) is 0 Å². The topological polar surface area (TPSA) is 72.5 Å². The fraction of sp³-hybridized carbons (Fsp3) is 0.875. The van der Waals surface area contributed by atoms with Gasteiger partial charge in [0.2, 0.25) is 0 Å². The fourth-order valence-electron chi connectivity index (χ4n) is 0.871. The maximum atomic E-state index is 11.0. The SMILES string of the molecule is CCC[C@H](O)[C@H](N)C(=O)OCC. The van der Waals surface area contributed by atoms with E-state index in [2.05, 4.69) is 4.74 Å². The molecule has 72 valence electrons. The van der Waals surface area contributed by atoms with Crippen LogP contribution in [0.4, 0.5) is 0 Å². The third-order valence-corrected chi connectivity index (χ3v) is 1.56. The van der Waals surface area contributed by atoms with Gasteiger partial charge >= 0.3 is 5.97 Å². The van der Waals surface area contributed by atoms with E-state index in [1.165, 1.54) is 0 Å². The van der Waals surface area contributed by atoms with Crippen molar-refractivity contribution in [3.05, 3.63) is 0 Å². The van der Waals surface area contributed by atoms with E-state index in [9.17, 15) is 9.90 Å². The quantitative estimate of drug-likeness (QED) is 0.578. The molecule has 2 atom stereocenters. The summed E-state index contributed by atoms with van der Waals surface area (Å²) in [7, 11) is 0. The predicted octanol–water partition coefficient (Wildman–Crippen LogP) is 0.0378. The summed E-state index contributed by atoms with van der Waals surface area (Å²) >= 11 is 0. The van der Waals surface area contributed by atoms with Gasteiger partial charge in [-0.25, -0.2) is 0 Å². The van der Waals surface area contributed by atoms with Crippen molar-refractivity contribution in [2.75, 3.05) is 6.61 Å². The fourth-order valence-corrected chi connectivity index (χ4v) is 0.871. The van der Waals surface area contributed by atoms with Crippen LogP contribution >= 0.6 is 0 Å². The first-order chi connectivity index (χ1) is 5.63. The van der Waals surface area contributed by atoms with Gasteiger partial charge in [-0.15, -0.1) is 0 Å². The summed E-state index contributed by atoms with van der Waals surface area (Å²) < 4.78 is 4.65. The molecule has 0 radical (unpaired) electrons. The summed E-state index contributed by atoms with van der Waals surface area (Å²) in [5.41, 5.74) is 5.41. The van der Waals surface area contributed by atoms with Gasteiger partial charge in [-0.3, -0.25) is 4.79 Å². The number of hydrogen-bond acceptors (Lipinski definition) is 4. The summed E-state index contributed by atoms with van der Waals surface area (Å²) in [6.45, 7) is 3.92. The molecule has 0 bridgehead atoms. The standard InChI is InChI=1S/C8H17NO3/c1-3-5-6(10)7(9)8(11)12-4-2/h6-7,10H,3-5,9H2,1-2H3/t6-,7-/m0/s1. The molecule has 0 aliphatic rings. The zero-order valence-corrected chi connectivity index (χ0v) is 7.62. The van der Waals surface area contributed by atoms with E-state index in [4.69, 9.17) is 5.73 Å². The molecule has 12 heavy (non-hydrogen) atoms. The van der Waals surface area contributed by atoms with E-state index in [1.54, 1.807) is 6.92 Å². The van der Waals surface area contributed by atoms with Crippen LogP contribution in [-0.2, 0) is 9.53 Å². The molecule has 0 amide bonds. The van der Waals surface area contributed by atoms with Crippen LogP contribution in [0.25, 0.3) is 0 Å². The number of carbonyl (C=O) groups excluding carboxylic acids is 1. The average molecular weight is 175 g/mol. The zero-order valence-electron chi connectivity index (χ0n) is 7.62. The Morgan fingerprint density at radius 2 is 2.17 bits per heavy atom. The summed E-state index contributed by atoms with van der Waals surface area (Å²) in [5.74, 6) is -0.529. The van der Waals surface area contributed by atoms with Gasteiger partial charge in [0.15, 0.2) is 0 Å². The van der Waals surface area contributed by atoms with Crippen molar-refractivity contribution in [1.29, 1.82) is 0 Å². The van der Waals surface area contributed by atoms with Gasteiger partial charge in [0.25, 0.3) is 0 Å². The lowest BCUT2D eigenvalue weighted by Crippen LogP contribution is -2.42. The first kappa shape index (κ1) is 11.4. The molecule has 0 aliphatic carbocycles. The van der Waals surface area contributed by atoms with Gasteiger partial charge in [-0.2, -0.15) is 0 Å². The molecule has 0 spiro atoms. The summed E-state index contributed by atoms with van der Waals surface area (Å²) in [6.07, 6.45) is 0.544. The zero-order chi connectivity index (χ0) is 9.56.